The Morgan fingerprint density at radius 2 is 1.88 bits per heavy atom. The van der Waals surface area contributed by atoms with Crippen molar-refractivity contribution in [2.24, 2.45) is 0 Å². The minimum Gasteiger partial charge on any atom is -0.480 e. The molecule has 0 spiro atoms. The minimum atomic E-state index is -0.919. The zero-order valence-corrected chi connectivity index (χ0v) is 10.7. The van der Waals surface area contributed by atoms with Crippen LogP contribution in [-0.2, 0) is 9.59 Å². The van der Waals surface area contributed by atoms with E-state index < -0.39 is 12.0 Å². The van der Waals surface area contributed by atoms with Crippen molar-refractivity contribution in [1.29, 1.82) is 0 Å². The molecule has 0 saturated carbocycles. The molecule has 0 fully saturated rings. The molecular weight excluding hydrogens is 208 g/mol. The van der Waals surface area contributed by atoms with Crippen LogP contribution in [0, 0.1) is 0 Å². The second-order valence-electron chi connectivity index (χ2n) is 4.87. The van der Waals surface area contributed by atoms with E-state index in [9.17, 15) is 9.59 Å². The summed E-state index contributed by atoms with van der Waals surface area (Å²) < 4.78 is 0. The van der Waals surface area contributed by atoms with E-state index in [1.54, 1.807) is 11.8 Å². The van der Waals surface area contributed by atoms with Crippen LogP contribution in [-0.4, -0.2) is 46.6 Å². The first kappa shape index (κ1) is 14.9. The first-order valence-electron chi connectivity index (χ1n) is 5.45. The third-order valence-corrected chi connectivity index (χ3v) is 2.17. The number of amides is 1. The quantitative estimate of drug-likeness (QED) is 0.729. The molecule has 0 saturated heterocycles. The van der Waals surface area contributed by atoms with Gasteiger partial charge in [0.2, 0.25) is 5.91 Å². The third kappa shape index (κ3) is 5.70. The van der Waals surface area contributed by atoms with Gasteiger partial charge in [0, 0.05) is 5.54 Å². The van der Waals surface area contributed by atoms with Crippen molar-refractivity contribution in [2.75, 3.05) is 13.1 Å². The molecule has 0 aromatic rings. The van der Waals surface area contributed by atoms with Crippen molar-refractivity contribution in [2.45, 2.75) is 46.2 Å². The summed E-state index contributed by atoms with van der Waals surface area (Å²) in [7, 11) is 0. The van der Waals surface area contributed by atoms with E-state index in [2.05, 4.69) is 5.32 Å². The van der Waals surface area contributed by atoms with Crippen molar-refractivity contribution >= 4 is 11.9 Å². The summed E-state index contributed by atoms with van der Waals surface area (Å²) in [4.78, 5) is 24.0. The highest BCUT2D eigenvalue weighted by molar-refractivity contribution is 5.82. The predicted octanol–water partition coefficient (Wildman–Crippen LogP) is 0.696. The van der Waals surface area contributed by atoms with Gasteiger partial charge < -0.3 is 10.4 Å². The number of hydrogen-bond acceptors (Lipinski definition) is 3. The predicted molar refractivity (Wildman–Crippen MR) is 62.2 cm³/mol. The van der Waals surface area contributed by atoms with Gasteiger partial charge in [-0.1, -0.05) is 6.92 Å². The molecule has 0 rings (SSSR count). The van der Waals surface area contributed by atoms with Crippen LogP contribution in [0.1, 0.15) is 34.6 Å². The summed E-state index contributed by atoms with van der Waals surface area (Å²) in [6.07, 6.45) is 0. The van der Waals surface area contributed by atoms with Gasteiger partial charge in [0.1, 0.15) is 0 Å². The van der Waals surface area contributed by atoms with Gasteiger partial charge in [-0.2, -0.15) is 0 Å². The number of rotatable bonds is 5. The number of hydrogen-bond donors (Lipinski definition) is 2. The number of aliphatic carboxylic acids is 1. The number of carbonyl (C=O) groups excluding carboxylic acids is 1. The molecule has 0 bridgehead atoms. The first-order chi connectivity index (χ1) is 7.17. The topological polar surface area (TPSA) is 69.6 Å². The largest absolute Gasteiger partial charge is 0.480 e. The van der Waals surface area contributed by atoms with Crippen molar-refractivity contribution < 1.29 is 14.7 Å². The fourth-order valence-corrected chi connectivity index (χ4v) is 1.34. The minimum absolute atomic E-state index is 0.116. The highest BCUT2D eigenvalue weighted by atomic mass is 16.4. The number of nitrogens with one attached hydrogen (secondary N) is 1. The lowest BCUT2D eigenvalue weighted by molar-refractivity contribution is -0.139. The fourth-order valence-electron chi connectivity index (χ4n) is 1.34. The van der Waals surface area contributed by atoms with Crippen LogP contribution < -0.4 is 5.32 Å². The molecule has 94 valence electrons. The molecule has 0 aromatic heterocycles. The van der Waals surface area contributed by atoms with Gasteiger partial charge in [-0.25, -0.2) is 0 Å². The van der Waals surface area contributed by atoms with E-state index in [1.807, 2.05) is 27.7 Å². The van der Waals surface area contributed by atoms with Gasteiger partial charge in [-0.15, -0.1) is 0 Å². The van der Waals surface area contributed by atoms with E-state index in [4.69, 9.17) is 5.11 Å². The molecule has 5 nitrogen and oxygen atoms in total. The average Bonchev–Trinajstić information content (AvgIpc) is 2.09. The summed E-state index contributed by atoms with van der Waals surface area (Å²) >= 11 is 0. The maximum absolute atomic E-state index is 11.8. The maximum Gasteiger partial charge on any atom is 0.317 e. The monoisotopic (exact) mass is 230 g/mol. The Labute approximate surface area is 96.8 Å². The second-order valence-corrected chi connectivity index (χ2v) is 4.87. The van der Waals surface area contributed by atoms with E-state index in [1.165, 1.54) is 0 Å². The lowest BCUT2D eigenvalue weighted by Gasteiger charge is -2.29. The smallest absolute Gasteiger partial charge is 0.317 e. The summed E-state index contributed by atoms with van der Waals surface area (Å²) in [6, 6.07) is -0.430. The lowest BCUT2D eigenvalue weighted by Crippen LogP contribution is -2.51. The molecule has 16 heavy (non-hydrogen) atoms. The van der Waals surface area contributed by atoms with E-state index in [-0.39, 0.29) is 18.0 Å². The molecule has 5 heteroatoms. The van der Waals surface area contributed by atoms with Crippen LogP contribution in [0.5, 0.6) is 0 Å². The Balaban J connectivity index is 4.44. The van der Waals surface area contributed by atoms with Crippen LogP contribution in [0.2, 0.25) is 0 Å². The van der Waals surface area contributed by atoms with Gasteiger partial charge in [-0.05, 0) is 34.2 Å². The first-order valence-corrected chi connectivity index (χ1v) is 5.45. The Kier molecular flexibility index (Phi) is 5.44. The van der Waals surface area contributed by atoms with Gasteiger partial charge in [0.25, 0.3) is 0 Å². The molecular formula is C11H22N2O3. The SMILES string of the molecule is CCN(CC(=O)O)C(C)C(=O)NC(C)(C)C. The number of carbonyl (C=O) groups is 2. The van der Waals surface area contributed by atoms with Gasteiger partial charge >= 0.3 is 5.97 Å². The van der Waals surface area contributed by atoms with Crippen molar-refractivity contribution in [3.8, 4) is 0 Å². The highest BCUT2D eigenvalue weighted by Gasteiger charge is 2.24. The zero-order valence-electron chi connectivity index (χ0n) is 10.7. The Hall–Kier alpha value is -1.10. The molecule has 0 heterocycles. The van der Waals surface area contributed by atoms with E-state index in [0.717, 1.165) is 0 Å². The molecule has 0 aliphatic rings. The third-order valence-electron chi connectivity index (χ3n) is 2.17. The molecule has 2 N–H and O–H groups in total. The highest BCUT2D eigenvalue weighted by Crippen LogP contribution is 2.04. The Bertz CT molecular complexity index is 258. The van der Waals surface area contributed by atoms with E-state index >= 15 is 0 Å². The summed E-state index contributed by atoms with van der Waals surface area (Å²) in [5.74, 6) is -1.06. The molecule has 1 unspecified atom stereocenters. The molecule has 0 radical (unpaired) electrons. The van der Waals surface area contributed by atoms with Crippen molar-refractivity contribution in [3.05, 3.63) is 0 Å². The summed E-state index contributed by atoms with van der Waals surface area (Å²) in [5.41, 5.74) is -0.298. The van der Waals surface area contributed by atoms with Crippen molar-refractivity contribution in [1.82, 2.24) is 10.2 Å². The Morgan fingerprint density at radius 1 is 1.38 bits per heavy atom. The van der Waals surface area contributed by atoms with Gasteiger partial charge in [0.15, 0.2) is 0 Å². The van der Waals surface area contributed by atoms with Crippen LogP contribution in [0.4, 0.5) is 0 Å². The summed E-state index contributed by atoms with van der Waals surface area (Å²) in [5, 5.41) is 11.5. The van der Waals surface area contributed by atoms with Crippen LogP contribution in [0.3, 0.4) is 0 Å². The van der Waals surface area contributed by atoms with Crippen LogP contribution >= 0.6 is 0 Å². The van der Waals surface area contributed by atoms with E-state index in [0.29, 0.717) is 6.54 Å². The molecule has 0 aromatic carbocycles. The molecule has 0 aliphatic heterocycles. The second kappa shape index (κ2) is 5.84. The standard InChI is InChI=1S/C11H22N2O3/c1-6-13(7-9(14)15)8(2)10(16)12-11(3,4)5/h8H,6-7H2,1-5H3,(H,12,16)(H,14,15). The van der Waals surface area contributed by atoms with Crippen molar-refractivity contribution in [3.63, 3.8) is 0 Å². The van der Waals surface area contributed by atoms with Crippen LogP contribution in [0.15, 0.2) is 0 Å². The normalized spacial score (nSPS) is 13.6. The fraction of sp³-hybridized carbons (Fsp3) is 0.818. The van der Waals surface area contributed by atoms with Crippen LogP contribution in [0.25, 0.3) is 0 Å². The maximum atomic E-state index is 11.8. The average molecular weight is 230 g/mol. The van der Waals surface area contributed by atoms with Gasteiger partial charge in [-0.3, -0.25) is 14.5 Å². The lowest BCUT2D eigenvalue weighted by atomic mass is 10.1. The van der Waals surface area contributed by atoms with Gasteiger partial charge in [0.05, 0.1) is 12.6 Å². The number of nitrogens with zero attached hydrogens (tertiary/aromatic N) is 1. The number of likely N-dealkylation sites (N-methyl/N-ethyl adjacent to an activating group) is 1. The zero-order chi connectivity index (χ0) is 12.9. The summed E-state index contributed by atoms with van der Waals surface area (Å²) in [6.45, 7) is 9.65. The molecule has 1 amide bonds. The number of carboxylic acids is 1. The number of carboxylic acid groups (broad SMARTS) is 1. The molecule has 1 atom stereocenters. The molecule has 0 aliphatic carbocycles. The Morgan fingerprint density at radius 3 is 2.19 bits per heavy atom.